The zero-order valence-corrected chi connectivity index (χ0v) is 16.6. The van der Waals surface area contributed by atoms with Crippen molar-refractivity contribution >= 4 is 18.3 Å². The minimum absolute atomic E-state index is 0.0180. The highest BCUT2D eigenvalue weighted by Crippen LogP contribution is 2.24. The van der Waals surface area contributed by atoms with E-state index in [9.17, 15) is 14.4 Å². The molecule has 1 aliphatic rings. The summed E-state index contributed by atoms with van der Waals surface area (Å²) >= 11 is 0. The van der Waals surface area contributed by atoms with Gasteiger partial charge in [0.25, 0.3) is 12.0 Å². The van der Waals surface area contributed by atoms with Crippen molar-refractivity contribution in [2.45, 2.75) is 44.8 Å². The molecule has 0 radical (unpaired) electrons. The smallest absolute Gasteiger partial charge is 0.290 e. The Morgan fingerprint density at radius 2 is 1.83 bits per heavy atom. The quantitative estimate of drug-likeness (QED) is 0.603. The van der Waals surface area contributed by atoms with Crippen molar-refractivity contribution in [2.75, 3.05) is 0 Å². The molecule has 3 N–H and O–H groups in total. The molecule has 9 heteroatoms. The number of pyridine rings is 2. The van der Waals surface area contributed by atoms with Crippen LogP contribution in [0.1, 0.15) is 31.4 Å². The Morgan fingerprint density at radius 3 is 2.47 bits per heavy atom. The summed E-state index contributed by atoms with van der Waals surface area (Å²) in [4.78, 5) is 48.7. The van der Waals surface area contributed by atoms with Gasteiger partial charge in [-0.2, -0.15) is 0 Å². The van der Waals surface area contributed by atoms with Crippen molar-refractivity contribution in [1.29, 1.82) is 0 Å². The van der Waals surface area contributed by atoms with E-state index < -0.39 is 0 Å². The number of carbonyl (C=O) groups excluding carboxylic acids is 2. The fourth-order valence-electron chi connectivity index (χ4n) is 3.34. The Morgan fingerprint density at radius 1 is 1.13 bits per heavy atom. The Hall–Kier alpha value is -3.49. The third-order valence-electron chi connectivity index (χ3n) is 4.85. The van der Waals surface area contributed by atoms with E-state index in [0.29, 0.717) is 6.54 Å². The average molecular weight is 414 g/mol. The van der Waals surface area contributed by atoms with Gasteiger partial charge >= 0.3 is 0 Å². The fourth-order valence-corrected chi connectivity index (χ4v) is 3.34. The standard InChI is InChI=1S/C20H24N4O3.CH2O2/c25-18(14-24-12-4-2-6-19(24)26)23-16-9-7-15(8-10-16)20(27)22-13-17-5-1-3-11-21-17;2-1-3/h1-6,11-12,15-16H,7-10,13-14H2,(H,22,27)(H,23,25);1H,(H,2,3). The van der Waals surface area contributed by atoms with E-state index in [1.165, 1.54) is 10.6 Å². The zero-order valence-electron chi connectivity index (χ0n) is 16.6. The van der Waals surface area contributed by atoms with Crippen LogP contribution in [0.4, 0.5) is 0 Å². The first-order valence-electron chi connectivity index (χ1n) is 9.73. The molecule has 2 heterocycles. The first kappa shape index (κ1) is 22.8. The van der Waals surface area contributed by atoms with Crippen molar-refractivity contribution in [2.24, 2.45) is 5.92 Å². The molecule has 160 valence electrons. The van der Waals surface area contributed by atoms with Gasteiger partial charge < -0.3 is 20.3 Å². The number of carboxylic acid groups (broad SMARTS) is 1. The molecule has 2 aromatic heterocycles. The molecule has 1 aliphatic carbocycles. The van der Waals surface area contributed by atoms with Crippen LogP contribution in [0.3, 0.4) is 0 Å². The van der Waals surface area contributed by atoms with Crippen LogP contribution >= 0.6 is 0 Å². The molecule has 1 fully saturated rings. The third kappa shape index (κ3) is 7.50. The van der Waals surface area contributed by atoms with Crippen molar-refractivity contribution in [3.8, 4) is 0 Å². The minimum atomic E-state index is -0.250. The lowest BCUT2D eigenvalue weighted by molar-refractivity contribution is -0.126. The van der Waals surface area contributed by atoms with Crippen LogP contribution < -0.4 is 16.2 Å². The first-order valence-corrected chi connectivity index (χ1v) is 9.73. The van der Waals surface area contributed by atoms with E-state index in [1.807, 2.05) is 18.2 Å². The summed E-state index contributed by atoms with van der Waals surface area (Å²) in [6.07, 6.45) is 6.31. The Labute approximate surface area is 174 Å². The third-order valence-corrected chi connectivity index (χ3v) is 4.85. The summed E-state index contributed by atoms with van der Waals surface area (Å²) in [6, 6.07) is 10.5. The number of hydrogen-bond acceptors (Lipinski definition) is 5. The van der Waals surface area contributed by atoms with Crippen molar-refractivity contribution < 1.29 is 19.5 Å². The fraction of sp³-hybridized carbons (Fsp3) is 0.381. The van der Waals surface area contributed by atoms with Gasteiger partial charge in [-0.05, 0) is 43.9 Å². The molecular formula is C21H26N4O5. The topological polar surface area (TPSA) is 130 Å². The normalized spacial score (nSPS) is 17.7. The van der Waals surface area contributed by atoms with Gasteiger partial charge in [0.15, 0.2) is 0 Å². The minimum Gasteiger partial charge on any atom is -0.483 e. The van der Waals surface area contributed by atoms with Crippen molar-refractivity contribution in [3.63, 3.8) is 0 Å². The number of rotatable bonds is 6. The SMILES string of the molecule is O=C(Cn1ccccc1=O)NC1CCC(C(=O)NCc2ccccn2)CC1.O=CO. The number of aromatic nitrogens is 2. The van der Waals surface area contributed by atoms with Crippen molar-refractivity contribution in [3.05, 3.63) is 64.8 Å². The molecule has 0 unspecified atom stereocenters. The molecule has 0 saturated heterocycles. The summed E-state index contributed by atoms with van der Waals surface area (Å²) in [5.74, 6) is -0.161. The summed E-state index contributed by atoms with van der Waals surface area (Å²) in [5.41, 5.74) is 0.642. The summed E-state index contributed by atoms with van der Waals surface area (Å²) in [7, 11) is 0. The molecule has 0 spiro atoms. The number of hydrogen-bond donors (Lipinski definition) is 3. The van der Waals surface area contributed by atoms with E-state index in [-0.39, 0.29) is 42.4 Å². The van der Waals surface area contributed by atoms with Crippen LogP contribution in [-0.4, -0.2) is 39.0 Å². The molecule has 0 aliphatic heterocycles. The Kier molecular flexibility index (Phi) is 9.23. The van der Waals surface area contributed by atoms with Gasteiger partial charge in [0.05, 0.1) is 12.2 Å². The van der Waals surface area contributed by atoms with Gasteiger partial charge in [0.1, 0.15) is 6.54 Å². The second-order valence-corrected chi connectivity index (χ2v) is 6.93. The highest BCUT2D eigenvalue weighted by molar-refractivity contribution is 5.79. The molecule has 2 amide bonds. The Balaban J connectivity index is 0.00000101. The Bertz CT molecular complexity index is 876. The van der Waals surface area contributed by atoms with E-state index in [2.05, 4.69) is 15.6 Å². The summed E-state index contributed by atoms with van der Waals surface area (Å²) in [5, 5.41) is 12.8. The zero-order chi connectivity index (χ0) is 21.8. The van der Waals surface area contributed by atoms with Gasteiger partial charge in [0, 0.05) is 30.4 Å². The van der Waals surface area contributed by atoms with Crippen LogP contribution in [-0.2, 0) is 27.5 Å². The molecular weight excluding hydrogens is 388 g/mol. The van der Waals surface area contributed by atoms with Gasteiger partial charge in [-0.15, -0.1) is 0 Å². The lowest BCUT2D eigenvalue weighted by Gasteiger charge is -2.28. The molecule has 0 bridgehead atoms. The van der Waals surface area contributed by atoms with Crippen LogP contribution in [0.25, 0.3) is 0 Å². The van der Waals surface area contributed by atoms with Crippen LogP contribution in [0.5, 0.6) is 0 Å². The van der Waals surface area contributed by atoms with Gasteiger partial charge in [0.2, 0.25) is 11.8 Å². The first-order chi connectivity index (χ1) is 14.5. The van der Waals surface area contributed by atoms with Gasteiger partial charge in [-0.25, -0.2) is 0 Å². The van der Waals surface area contributed by atoms with E-state index in [4.69, 9.17) is 9.90 Å². The van der Waals surface area contributed by atoms with Crippen LogP contribution in [0.15, 0.2) is 53.6 Å². The number of amides is 2. The lowest BCUT2D eigenvalue weighted by atomic mass is 9.85. The predicted molar refractivity (Wildman–Crippen MR) is 109 cm³/mol. The summed E-state index contributed by atoms with van der Waals surface area (Å²) < 4.78 is 1.38. The highest BCUT2D eigenvalue weighted by Gasteiger charge is 2.27. The number of nitrogens with one attached hydrogen (secondary N) is 2. The maximum Gasteiger partial charge on any atom is 0.290 e. The summed E-state index contributed by atoms with van der Waals surface area (Å²) in [6.45, 7) is 0.201. The number of nitrogens with zero attached hydrogens (tertiary/aromatic N) is 2. The molecule has 0 aromatic carbocycles. The highest BCUT2D eigenvalue weighted by atomic mass is 16.3. The predicted octanol–water partition coefficient (Wildman–Crippen LogP) is 0.936. The van der Waals surface area contributed by atoms with Gasteiger partial charge in [-0.3, -0.25) is 24.2 Å². The van der Waals surface area contributed by atoms with E-state index >= 15 is 0 Å². The second kappa shape index (κ2) is 12.2. The largest absolute Gasteiger partial charge is 0.483 e. The molecule has 0 atom stereocenters. The molecule has 3 rings (SSSR count). The molecule has 9 nitrogen and oxygen atoms in total. The van der Waals surface area contributed by atoms with E-state index in [0.717, 1.165) is 31.4 Å². The lowest BCUT2D eigenvalue weighted by Crippen LogP contribution is -2.42. The monoisotopic (exact) mass is 414 g/mol. The molecule has 1 saturated carbocycles. The van der Waals surface area contributed by atoms with E-state index in [1.54, 1.807) is 24.5 Å². The molecule has 30 heavy (non-hydrogen) atoms. The van der Waals surface area contributed by atoms with Crippen LogP contribution in [0, 0.1) is 5.92 Å². The molecule has 2 aromatic rings. The maximum atomic E-state index is 12.3. The maximum absolute atomic E-state index is 12.3. The average Bonchev–Trinajstić information content (AvgIpc) is 2.75. The second-order valence-electron chi connectivity index (χ2n) is 6.93. The van der Waals surface area contributed by atoms with Gasteiger partial charge in [-0.1, -0.05) is 12.1 Å². The number of carbonyl (C=O) groups is 3. The van der Waals surface area contributed by atoms with Crippen LogP contribution in [0.2, 0.25) is 0 Å². The van der Waals surface area contributed by atoms with Crippen molar-refractivity contribution in [1.82, 2.24) is 20.2 Å².